The second kappa shape index (κ2) is 4.75. The number of hydrogen-bond acceptors (Lipinski definition) is 2. The minimum Gasteiger partial charge on any atom is -0.363 e. The Bertz CT molecular complexity index is 218. The van der Waals surface area contributed by atoms with Crippen molar-refractivity contribution in [2.45, 2.75) is 20.8 Å². The average molecular weight is 166 g/mol. The Balaban J connectivity index is 4.81. The molecule has 0 atom stereocenters. The molecule has 0 radical (unpaired) electrons. The lowest BCUT2D eigenvalue weighted by molar-refractivity contribution is 0.500. The highest BCUT2D eigenvalue weighted by atomic mass is 15.2. The third-order valence-corrected chi connectivity index (χ3v) is 1.45. The summed E-state index contributed by atoms with van der Waals surface area (Å²) in [5.74, 6) is 1.01. The smallest absolute Gasteiger partial charge is 0.126 e. The van der Waals surface area contributed by atoms with Crippen molar-refractivity contribution in [2.75, 3.05) is 14.1 Å². The molecule has 0 aliphatic carbocycles. The van der Waals surface area contributed by atoms with Gasteiger partial charge in [0.25, 0.3) is 0 Å². The molecule has 0 aromatic rings. The average Bonchev–Trinajstić information content (AvgIpc) is 1.98. The molecule has 0 unspecified atom stereocenters. The van der Waals surface area contributed by atoms with Crippen LogP contribution in [0.3, 0.4) is 0 Å². The molecular formula is C10H18N2. The maximum absolute atomic E-state index is 4.40. The molecule has 0 saturated heterocycles. The van der Waals surface area contributed by atoms with Gasteiger partial charge >= 0.3 is 0 Å². The van der Waals surface area contributed by atoms with Crippen LogP contribution in [0.4, 0.5) is 0 Å². The first-order valence-electron chi connectivity index (χ1n) is 4.01. The normalized spacial score (nSPS) is 10.9. The summed E-state index contributed by atoms with van der Waals surface area (Å²) in [6.45, 7) is 9.71. The van der Waals surface area contributed by atoms with Crippen molar-refractivity contribution in [3.8, 4) is 0 Å². The van der Waals surface area contributed by atoms with Gasteiger partial charge in [0, 0.05) is 19.8 Å². The molecule has 0 aliphatic rings. The molecule has 0 aliphatic heterocycles. The molecule has 0 aromatic heterocycles. The molecule has 0 saturated carbocycles. The van der Waals surface area contributed by atoms with Gasteiger partial charge in [-0.05, 0) is 32.4 Å². The van der Waals surface area contributed by atoms with Gasteiger partial charge in [-0.25, -0.2) is 4.99 Å². The molecule has 2 heteroatoms. The highest BCUT2D eigenvalue weighted by molar-refractivity contribution is 5.92. The topological polar surface area (TPSA) is 15.6 Å². The van der Waals surface area contributed by atoms with Crippen LogP contribution in [0.25, 0.3) is 0 Å². The van der Waals surface area contributed by atoms with Gasteiger partial charge in [-0.3, -0.25) is 0 Å². The predicted octanol–water partition coefficient (Wildman–Crippen LogP) is 2.45. The lowest BCUT2D eigenvalue weighted by Gasteiger charge is -2.15. The van der Waals surface area contributed by atoms with Crippen LogP contribution >= 0.6 is 0 Å². The lowest BCUT2D eigenvalue weighted by atomic mass is 10.3. The second-order valence-corrected chi connectivity index (χ2v) is 3.18. The lowest BCUT2D eigenvalue weighted by Crippen LogP contribution is -2.11. The van der Waals surface area contributed by atoms with Crippen molar-refractivity contribution in [1.82, 2.24) is 4.90 Å². The van der Waals surface area contributed by atoms with E-state index in [0.717, 1.165) is 11.5 Å². The Kier molecular flexibility index (Phi) is 4.34. The second-order valence-electron chi connectivity index (χ2n) is 3.18. The van der Waals surface area contributed by atoms with E-state index in [1.165, 1.54) is 5.57 Å². The minimum atomic E-state index is 0.944. The maximum atomic E-state index is 4.40. The maximum Gasteiger partial charge on any atom is 0.126 e. The number of hydrogen-bond donors (Lipinski definition) is 0. The van der Waals surface area contributed by atoms with Gasteiger partial charge in [0.15, 0.2) is 0 Å². The summed E-state index contributed by atoms with van der Waals surface area (Å²) in [4.78, 5) is 6.40. The molecule has 2 nitrogen and oxygen atoms in total. The molecule has 0 rings (SSSR count). The third-order valence-electron chi connectivity index (χ3n) is 1.45. The van der Waals surface area contributed by atoms with E-state index in [9.17, 15) is 0 Å². The standard InChI is InChI=1S/C10H18N2/c1-7-9(4)11-10(8(2)3)12(5)6/h7H,1H2,2-6H3/b11-9-. The van der Waals surface area contributed by atoms with Crippen LogP contribution in [-0.4, -0.2) is 24.7 Å². The first-order valence-corrected chi connectivity index (χ1v) is 4.01. The van der Waals surface area contributed by atoms with E-state index < -0.39 is 0 Å². The first-order chi connectivity index (χ1) is 5.49. The van der Waals surface area contributed by atoms with E-state index in [4.69, 9.17) is 0 Å². The molecule has 68 valence electrons. The number of nitrogens with zero attached hydrogens (tertiary/aromatic N) is 2. The Hall–Kier alpha value is -1.05. The fourth-order valence-electron chi connectivity index (χ4n) is 0.872. The van der Waals surface area contributed by atoms with Crippen LogP contribution < -0.4 is 0 Å². The molecule has 0 bridgehead atoms. The SMILES string of the molecule is C=C/C(C)=N\C(=C(C)C)N(C)C. The minimum absolute atomic E-state index is 0.944. The highest BCUT2D eigenvalue weighted by Crippen LogP contribution is 2.07. The van der Waals surface area contributed by atoms with Gasteiger partial charge in [0.05, 0.1) is 0 Å². The molecule has 0 aromatic carbocycles. The van der Waals surface area contributed by atoms with E-state index in [-0.39, 0.29) is 0 Å². The fraction of sp³-hybridized carbons (Fsp3) is 0.500. The van der Waals surface area contributed by atoms with Gasteiger partial charge < -0.3 is 4.90 Å². The van der Waals surface area contributed by atoms with E-state index in [2.05, 4.69) is 25.4 Å². The van der Waals surface area contributed by atoms with Crippen LogP contribution in [0, 0.1) is 0 Å². The van der Waals surface area contributed by atoms with Crippen molar-refractivity contribution in [3.05, 3.63) is 24.0 Å². The molecule has 12 heavy (non-hydrogen) atoms. The van der Waals surface area contributed by atoms with Gasteiger partial charge in [-0.1, -0.05) is 6.58 Å². The van der Waals surface area contributed by atoms with Crippen LogP contribution in [0.5, 0.6) is 0 Å². The molecule has 0 N–H and O–H groups in total. The largest absolute Gasteiger partial charge is 0.363 e. The van der Waals surface area contributed by atoms with Gasteiger partial charge in [0.1, 0.15) is 5.82 Å². The summed E-state index contributed by atoms with van der Waals surface area (Å²) in [5.41, 5.74) is 2.15. The van der Waals surface area contributed by atoms with Crippen molar-refractivity contribution < 1.29 is 0 Å². The monoisotopic (exact) mass is 166 g/mol. The molecule has 0 heterocycles. The van der Waals surface area contributed by atoms with Crippen LogP contribution in [0.1, 0.15) is 20.8 Å². The quantitative estimate of drug-likeness (QED) is 0.588. The summed E-state index contributed by atoms with van der Waals surface area (Å²) in [6.07, 6.45) is 1.76. The molecule has 0 spiro atoms. The van der Waals surface area contributed by atoms with Gasteiger partial charge in [-0.2, -0.15) is 0 Å². The van der Waals surface area contributed by atoms with Gasteiger partial charge in [0.2, 0.25) is 0 Å². The zero-order chi connectivity index (χ0) is 9.72. The molecule has 0 amide bonds. The molecule has 0 fully saturated rings. The van der Waals surface area contributed by atoms with Crippen LogP contribution in [0.2, 0.25) is 0 Å². The zero-order valence-corrected chi connectivity index (χ0v) is 8.68. The Morgan fingerprint density at radius 1 is 1.25 bits per heavy atom. The zero-order valence-electron chi connectivity index (χ0n) is 8.68. The number of allylic oxidation sites excluding steroid dienone is 2. The number of rotatable bonds is 3. The van der Waals surface area contributed by atoms with Crippen molar-refractivity contribution in [2.24, 2.45) is 4.99 Å². The summed E-state index contributed by atoms with van der Waals surface area (Å²) in [7, 11) is 3.98. The summed E-state index contributed by atoms with van der Waals surface area (Å²) >= 11 is 0. The summed E-state index contributed by atoms with van der Waals surface area (Å²) in [6, 6.07) is 0. The Morgan fingerprint density at radius 2 is 1.75 bits per heavy atom. The fourth-order valence-corrected chi connectivity index (χ4v) is 0.872. The number of aliphatic imine (C=N–C) groups is 1. The van der Waals surface area contributed by atoms with Crippen molar-refractivity contribution in [1.29, 1.82) is 0 Å². The summed E-state index contributed by atoms with van der Waals surface area (Å²) in [5, 5.41) is 0. The van der Waals surface area contributed by atoms with Crippen LogP contribution in [-0.2, 0) is 0 Å². The first kappa shape index (κ1) is 11.0. The van der Waals surface area contributed by atoms with E-state index in [0.29, 0.717) is 0 Å². The van der Waals surface area contributed by atoms with Crippen molar-refractivity contribution >= 4 is 5.71 Å². The Labute approximate surface area is 75.3 Å². The predicted molar refractivity (Wildman–Crippen MR) is 55.4 cm³/mol. The van der Waals surface area contributed by atoms with E-state index >= 15 is 0 Å². The van der Waals surface area contributed by atoms with Gasteiger partial charge in [-0.15, -0.1) is 0 Å². The van der Waals surface area contributed by atoms with E-state index in [1.54, 1.807) is 6.08 Å². The summed E-state index contributed by atoms with van der Waals surface area (Å²) < 4.78 is 0. The highest BCUT2D eigenvalue weighted by Gasteiger charge is 1.98. The third kappa shape index (κ3) is 3.37. The molecular weight excluding hydrogens is 148 g/mol. The van der Waals surface area contributed by atoms with Crippen molar-refractivity contribution in [3.63, 3.8) is 0 Å². The Morgan fingerprint density at radius 3 is 2.00 bits per heavy atom. The van der Waals surface area contributed by atoms with Crippen LogP contribution in [0.15, 0.2) is 29.0 Å². The van der Waals surface area contributed by atoms with E-state index in [1.807, 2.05) is 25.9 Å².